The van der Waals surface area contributed by atoms with Crippen molar-refractivity contribution in [2.24, 2.45) is 0 Å². The summed E-state index contributed by atoms with van der Waals surface area (Å²) in [7, 11) is -0.397. The van der Waals surface area contributed by atoms with Crippen molar-refractivity contribution in [3.8, 4) is 0 Å². The lowest BCUT2D eigenvalue weighted by atomic mass is 10.2. The molecule has 7 heteroatoms. The van der Waals surface area contributed by atoms with E-state index in [2.05, 4.69) is 0 Å². The number of amides is 1. The Morgan fingerprint density at radius 1 is 1.21 bits per heavy atom. The van der Waals surface area contributed by atoms with Crippen LogP contribution in [0.1, 0.15) is 6.92 Å². The van der Waals surface area contributed by atoms with Crippen molar-refractivity contribution in [3.05, 3.63) is 29.3 Å². The summed E-state index contributed by atoms with van der Waals surface area (Å²) in [6.45, 7) is 1.55. The fourth-order valence-electron chi connectivity index (χ4n) is 1.76. The monoisotopic (exact) mass is 304 g/mol. The second-order valence-corrected chi connectivity index (χ2v) is 6.74. The van der Waals surface area contributed by atoms with Gasteiger partial charge in [-0.3, -0.25) is 9.10 Å². The molecule has 0 unspecified atom stereocenters. The van der Waals surface area contributed by atoms with Crippen LogP contribution in [0.4, 0.5) is 5.69 Å². The van der Waals surface area contributed by atoms with Crippen LogP contribution in [-0.4, -0.2) is 45.6 Å². The number of likely N-dealkylation sites (N-methyl/N-ethyl adjacent to an activating group) is 1. The Balaban J connectivity index is 3.24. The molecule has 0 aliphatic carbocycles. The summed E-state index contributed by atoms with van der Waals surface area (Å²) in [5.74, 6) is -0.291. The zero-order valence-electron chi connectivity index (χ0n) is 11.3. The van der Waals surface area contributed by atoms with Crippen molar-refractivity contribution in [1.29, 1.82) is 0 Å². The Labute approximate surface area is 118 Å². The first-order valence-electron chi connectivity index (χ1n) is 5.60. The molecule has 0 heterocycles. The quantitative estimate of drug-likeness (QED) is 0.848. The van der Waals surface area contributed by atoms with E-state index in [1.54, 1.807) is 45.3 Å². The van der Waals surface area contributed by atoms with E-state index < -0.39 is 16.1 Å². The van der Waals surface area contributed by atoms with Crippen molar-refractivity contribution in [2.45, 2.75) is 13.0 Å². The van der Waals surface area contributed by atoms with Crippen LogP contribution in [0, 0.1) is 0 Å². The lowest BCUT2D eigenvalue weighted by molar-refractivity contribution is -0.129. The van der Waals surface area contributed by atoms with Crippen LogP contribution >= 0.6 is 11.6 Å². The van der Waals surface area contributed by atoms with Crippen molar-refractivity contribution in [1.82, 2.24) is 4.90 Å². The highest BCUT2D eigenvalue weighted by molar-refractivity contribution is 7.92. The molecule has 0 aliphatic rings. The molecule has 1 aromatic carbocycles. The number of rotatable bonds is 4. The molecule has 1 rings (SSSR count). The molecule has 5 nitrogen and oxygen atoms in total. The van der Waals surface area contributed by atoms with E-state index in [4.69, 9.17) is 11.6 Å². The molecule has 1 amide bonds. The molecule has 0 spiro atoms. The first-order chi connectivity index (χ1) is 8.64. The zero-order chi connectivity index (χ0) is 14.8. The third-order valence-electron chi connectivity index (χ3n) is 2.59. The van der Waals surface area contributed by atoms with Gasteiger partial charge in [-0.25, -0.2) is 8.42 Å². The first-order valence-corrected chi connectivity index (χ1v) is 7.83. The number of halogens is 1. The Morgan fingerprint density at radius 2 is 1.68 bits per heavy atom. The van der Waals surface area contributed by atoms with E-state index in [0.717, 1.165) is 10.6 Å². The number of carbonyl (C=O) groups is 1. The summed E-state index contributed by atoms with van der Waals surface area (Å²) in [5, 5.41) is 0.504. The fraction of sp³-hybridized carbons (Fsp3) is 0.417. The number of anilines is 1. The van der Waals surface area contributed by atoms with Crippen LogP contribution in [0.2, 0.25) is 5.02 Å². The van der Waals surface area contributed by atoms with Crippen molar-refractivity contribution in [3.63, 3.8) is 0 Å². The van der Waals surface area contributed by atoms with Gasteiger partial charge in [-0.15, -0.1) is 0 Å². The average molecular weight is 305 g/mol. The maximum Gasteiger partial charge on any atom is 0.245 e. The van der Waals surface area contributed by atoms with Crippen LogP contribution in [0.3, 0.4) is 0 Å². The molecule has 0 fully saturated rings. The Kier molecular flexibility index (Phi) is 4.81. The summed E-state index contributed by atoms with van der Waals surface area (Å²) < 4.78 is 24.9. The first kappa shape index (κ1) is 15.8. The molecule has 0 bridgehead atoms. The number of sulfonamides is 1. The van der Waals surface area contributed by atoms with Gasteiger partial charge in [0.25, 0.3) is 0 Å². The van der Waals surface area contributed by atoms with Crippen LogP contribution in [0.25, 0.3) is 0 Å². The molecule has 1 aromatic rings. The van der Waals surface area contributed by atoms with Gasteiger partial charge in [0.15, 0.2) is 0 Å². The molecule has 0 aromatic heterocycles. The van der Waals surface area contributed by atoms with Gasteiger partial charge in [-0.2, -0.15) is 0 Å². The predicted octanol–water partition coefficient (Wildman–Crippen LogP) is 1.58. The number of carbonyl (C=O) groups excluding carboxylic acids is 1. The molecule has 106 valence electrons. The van der Waals surface area contributed by atoms with Gasteiger partial charge in [-0.05, 0) is 31.2 Å². The summed E-state index contributed by atoms with van der Waals surface area (Å²) in [6.07, 6.45) is 1.07. The number of hydrogen-bond donors (Lipinski definition) is 0. The molecule has 1 atom stereocenters. The van der Waals surface area contributed by atoms with Crippen molar-refractivity contribution >= 4 is 33.2 Å². The lowest BCUT2D eigenvalue weighted by Gasteiger charge is -2.29. The summed E-state index contributed by atoms with van der Waals surface area (Å²) in [5.41, 5.74) is 0.412. The zero-order valence-corrected chi connectivity index (χ0v) is 12.9. The fourth-order valence-corrected chi connectivity index (χ4v) is 3.06. The van der Waals surface area contributed by atoms with Gasteiger partial charge in [0.05, 0.1) is 11.9 Å². The third kappa shape index (κ3) is 3.84. The number of nitrogens with zero attached hydrogens (tertiary/aromatic N) is 2. The minimum Gasteiger partial charge on any atom is -0.347 e. The van der Waals surface area contributed by atoms with Gasteiger partial charge < -0.3 is 4.90 Å². The van der Waals surface area contributed by atoms with E-state index in [1.165, 1.54) is 4.90 Å². The summed E-state index contributed by atoms with van der Waals surface area (Å²) in [4.78, 5) is 13.3. The Morgan fingerprint density at radius 3 is 2.05 bits per heavy atom. The SMILES string of the molecule is C[C@H](C(=O)N(C)C)N(c1ccc(Cl)cc1)S(C)(=O)=O. The Bertz CT molecular complexity index is 555. The smallest absolute Gasteiger partial charge is 0.245 e. The maximum absolute atomic E-state index is 12.0. The van der Waals surface area contributed by atoms with Crippen LogP contribution in [0.5, 0.6) is 0 Å². The minimum atomic E-state index is -3.57. The van der Waals surface area contributed by atoms with Gasteiger partial charge in [0.2, 0.25) is 15.9 Å². The maximum atomic E-state index is 12.0. The minimum absolute atomic E-state index is 0.291. The van der Waals surface area contributed by atoms with E-state index in [0.29, 0.717) is 10.7 Å². The van der Waals surface area contributed by atoms with Crippen LogP contribution in [0.15, 0.2) is 24.3 Å². The molecular weight excluding hydrogens is 288 g/mol. The van der Waals surface area contributed by atoms with E-state index in [1.807, 2.05) is 0 Å². The second kappa shape index (κ2) is 5.79. The van der Waals surface area contributed by atoms with Crippen molar-refractivity contribution in [2.75, 3.05) is 24.7 Å². The molecule has 0 saturated heterocycles. The average Bonchev–Trinajstić information content (AvgIpc) is 2.29. The normalized spacial score (nSPS) is 12.9. The highest BCUT2D eigenvalue weighted by Gasteiger charge is 2.29. The predicted molar refractivity (Wildman–Crippen MR) is 76.9 cm³/mol. The molecule has 0 saturated carbocycles. The van der Waals surface area contributed by atoms with Gasteiger partial charge in [0.1, 0.15) is 6.04 Å². The van der Waals surface area contributed by atoms with Crippen molar-refractivity contribution < 1.29 is 13.2 Å². The highest BCUT2D eigenvalue weighted by atomic mass is 35.5. The van der Waals surface area contributed by atoms with Gasteiger partial charge in [-0.1, -0.05) is 11.6 Å². The van der Waals surface area contributed by atoms with Crippen LogP contribution < -0.4 is 4.31 Å². The summed E-state index contributed by atoms with van der Waals surface area (Å²) in [6, 6.07) is 5.50. The van der Waals surface area contributed by atoms with Gasteiger partial charge in [0, 0.05) is 19.1 Å². The Hall–Kier alpha value is -1.27. The van der Waals surface area contributed by atoms with E-state index in [-0.39, 0.29) is 5.91 Å². The third-order valence-corrected chi connectivity index (χ3v) is 4.08. The highest BCUT2D eigenvalue weighted by Crippen LogP contribution is 2.23. The van der Waals surface area contributed by atoms with E-state index in [9.17, 15) is 13.2 Å². The number of hydrogen-bond acceptors (Lipinski definition) is 3. The molecule has 19 heavy (non-hydrogen) atoms. The molecule has 0 aliphatic heterocycles. The van der Waals surface area contributed by atoms with Crippen LogP contribution in [-0.2, 0) is 14.8 Å². The molecular formula is C12H17ClN2O3S. The lowest BCUT2D eigenvalue weighted by Crippen LogP contribution is -2.47. The van der Waals surface area contributed by atoms with Gasteiger partial charge >= 0.3 is 0 Å². The van der Waals surface area contributed by atoms with E-state index >= 15 is 0 Å². The number of benzene rings is 1. The standard InChI is InChI=1S/C12H17ClN2O3S/c1-9(12(16)14(2)3)15(19(4,17)18)11-7-5-10(13)6-8-11/h5-9H,1-4H3/t9-/m1/s1. The topological polar surface area (TPSA) is 57.7 Å². The summed E-state index contributed by atoms with van der Waals surface area (Å²) >= 11 is 5.78. The second-order valence-electron chi connectivity index (χ2n) is 4.44. The molecule has 0 radical (unpaired) electrons. The molecule has 0 N–H and O–H groups in total. The largest absolute Gasteiger partial charge is 0.347 e.